The number of nitrogens with zero attached hydrogens (tertiary/aromatic N) is 12. The molecule has 0 saturated carbocycles. The second-order valence-electron chi connectivity index (χ2n) is 22.8. The Morgan fingerprint density at radius 3 is 1.71 bits per heavy atom. The first-order valence-electron chi connectivity index (χ1n) is 26.6. The van der Waals surface area contributed by atoms with E-state index in [0.717, 1.165) is 45.8 Å². The first-order valence-corrected chi connectivity index (χ1v) is 27.4. The van der Waals surface area contributed by atoms with Crippen LogP contribution in [0.15, 0.2) is 121 Å². The van der Waals surface area contributed by atoms with Gasteiger partial charge in [-0.1, -0.05) is 65.8 Å². The molecular formula is C60H60BrF2N13O7. The summed E-state index contributed by atoms with van der Waals surface area (Å²) in [5, 5.41) is 31.7. The predicted octanol–water partition coefficient (Wildman–Crippen LogP) is 7.91. The van der Waals surface area contributed by atoms with Gasteiger partial charge in [-0.3, -0.25) is 28.9 Å². The maximum atomic E-state index is 15.4. The Balaban J connectivity index is 0.000000193. The van der Waals surface area contributed by atoms with Crippen molar-refractivity contribution in [1.82, 2.24) is 54.0 Å². The molecule has 0 aliphatic carbocycles. The molecule has 7 heterocycles. The van der Waals surface area contributed by atoms with Gasteiger partial charge in [-0.15, -0.1) is 0 Å². The van der Waals surface area contributed by atoms with Gasteiger partial charge in [0.1, 0.15) is 35.6 Å². The van der Waals surface area contributed by atoms with E-state index in [1.807, 2.05) is 41.5 Å². The Morgan fingerprint density at radius 2 is 1.23 bits per heavy atom. The number of aliphatic hydroxyl groups excluding tert-OH is 1. The van der Waals surface area contributed by atoms with Crippen LogP contribution in [-0.2, 0) is 47.7 Å². The number of piperazine rings is 1. The molecule has 0 radical (unpaired) electrons. The number of carbonyl (C=O) groups excluding carboxylic acids is 1. The zero-order chi connectivity index (χ0) is 59.6. The molecule has 0 spiro atoms. The van der Waals surface area contributed by atoms with Gasteiger partial charge in [-0.25, -0.2) is 28.1 Å². The number of carbonyl (C=O) groups is 1. The summed E-state index contributed by atoms with van der Waals surface area (Å²) in [4.78, 5) is 77.8. The molecule has 9 aromatic rings. The molecule has 2 atom stereocenters. The summed E-state index contributed by atoms with van der Waals surface area (Å²) >= 11 is 3.24. The van der Waals surface area contributed by atoms with Crippen LogP contribution in [0.2, 0.25) is 0 Å². The first-order chi connectivity index (χ1) is 39.3. The molecule has 20 nitrogen and oxygen atoms in total. The lowest BCUT2D eigenvalue weighted by atomic mass is 9.86. The number of aromatic nitrogens is 10. The number of hydrogen-bond acceptors (Lipinski definition) is 16. The van der Waals surface area contributed by atoms with Gasteiger partial charge >= 0.3 is 5.97 Å². The van der Waals surface area contributed by atoms with Crippen LogP contribution in [-0.4, -0.2) is 97.3 Å². The molecule has 2 saturated heterocycles. The summed E-state index contributed by atoms with van der Waals surface area (Å²) in [5.41, 5.74) is 2.11. The highest BCUT2D eigenvalue weighted by Crippen LogP contribution is 2.35. The lowest BCUT2D eigenvalue weighted by molar-refractivity contribution is -0.142. The molecule has 23 heteroatoms. The highest BCUT2D eigenvalue weighted by atomic mass is 79.9. The van der Waals surface area contributed by atoms with Crippen LogP contribution in [0.3, 0.4) is 0 Å². The standard InChI is InChI=1S/C34H36FN9O3.C26H24BrFN4O4/c1-34(2,3)20-9-19-13-38-44(33(47)31(19)25(35)10-20)28-8-6-7-23(24(28)18-45)26-12-27(32(46)42(5)40-26)39-29-14-37-30(15-36-29)43-17-21-11-22(43)16-41(21)4;1-14(33)36-13-18-17(21-11-19(27)24(34)31(5)30-21)7-6-8-22(18)32-25(35)23-15(12-29-32)9-16(10-20(23)28)26(2,3)4/h6-10,12-15,21-22,45H,11,16-18H2,1-5H3,(H,36,39);6-12H,13H2,1-5H3/t21-,22-;/m0./s1. The third-order valence-electron chi connectivity index (χ3n) is 15.1. The molecule has 0 amide bonds. The van der Waals surface area contributed by atoms with Gasteiger partial charge in [-0.2, -0.15) is 29.8 Å². The van der Waals surface area contributed by atoms with Gasteiger partial charge < -0.3 is 20.1 Å². The number of esters is 1. The van der Waals surface area contributed by atoms with Gasteiger partial charge in [0.15, 0.2) is 0 Å². The molecule has 83 heavy (non-hydrogen) atoms. The number of anilines is 3. The Labute approximate surface area is 482 Å². The normalized spacial score (nSPS) is 15.2. The largest absolute Gasteiger partial charge is 0.461 e. The van der Waals surface area contributed by atoms with E-state index in [2.05, 4.69) is 68.5 Å². The van der Waals surface area contributed by atoms with E-state index in [4.69, 9.17) is 4.74 Å². The lowest BCUT2D eigenvalue weighted by Gasteiger charge is -2.32. The van der Waals surface area contributed by atoms with E-state index in [1.54, 1.807) is 73.1 Å². The Hall–Kier alpha value is -8.67. The van der Waals surface area contributed by atoms with Gasteiger partial charge in [0.25, 0.3) is 22.2 Å². The van der Waals surface area contributed by atoms with E-state index in [0.29, 0.717) is 68.0 Å². The molecule has 2 aliphatic rings. The van der Waals surface area contributed by atoms with Crippen LogP contribution in [0.25, 0.3) is 55.4 Å². The number of benzene rings is 4. The lowest BCUT2D eigenvalue weighted by Crippen LogP contribution is -2.44. The van der Waals surface area contributed by atoms with Gasteiger partial charge in [-0.05, 0) is 99.9 Å². The van der Waals surface area contributed by atoms with Crippen molar-refractivity contribution < 1.29 is 23.4 Å². The summed E-state index contributed by atoms with van der Waals surface area (Å²) in [7, 11) is 5.18. The molecule has 4 aromatic carbocycles. The van der Waals surface area contributed by atoms with Crippen LogP contribution in [0.1, 0.15) is 77.1 Å². The van der Waals surface area contributed by atoms with Gasteiger partial charge in [0.2, 0.25) is 0 Å². The smallest absolute Gasteiger partial charge is 0.302 e. The Morgan fingerprint density at radius 1 is 0.687 bits per heavy atom. The predicted molar refractivity (Wildman–Crippen MR) is 316 cm³/mol. The summed E-state index contributed by atoms with van der Waals surface area (Å²) in [5.74, 6) is -0.605. The number of aliphatic hydroxyl groups is 1. The van der Waals surface area contributed by atoms with Crippen molar-refractivity contribution in [1.29, 1.82) is 0 Å². The number of halogens is 3. The number of fused-ring (bicyclic) bond motifs is 4. The van der Waals surface area contributed by atoms with Gasteiger partial charge in [0, 0.05) is 79.2 Å². The molecule has 428 valence electrons. The van der Waals surface area contributed by atoms with E-state index in [1.165, 1.54) is 54.9 Å². The second-order valence-corrected chi connectivity index (χ2v) is 23.7. The summed E-state index contributed by atoms with van der Waals surface area (Å²) in [6.07, 6.45) is 7.33. The minimum Gasteiger partial charge on any atom is -0.461 e. The first kappa shape index (κ1) is 57.6. The molecule has 11 rings (SSSR count). The fraction of sp³-hybridized carbons (Fsp3) is 0.317. The van der Waals surface area contributed by atoms with Crippen molar-refractivity contribution in [3.8, 4) is 33.9 Å². The highest BCUT2D eigenvalue weighted by Gasteiger charge is 2.42. The van der Waals surface area contributed by atoms with Crippen molar-refractivity contribution in [2.45, 2.75) is 91.0 Å². The number of ether oxygens (including phenoxy) is 1. The molecule has 0 unspecified atom stereocenters. The monoisotopic (exact) mass is 1190 g/mol. The summed E-state index contributed by atoms with van der Waals surface area (Å²) in [6.45, 7) is 14.3. The summed E-state index contributed by atoms with van der Waals surface area (Å²) < 4.78 is 40.7. The van der Waals surface area contributed by atoms with Crippen LogP contribution in [0, 0.1) is 11.6 Å². The maximum Gasteiger partial charge on any atom is 0.302 e. The maximum absolute atomic E-state index is 15.4. The van der Waals surface area contributed by atoms with Crippen molar-refractivity contribution in [3.63, 3.8) is 0 Å². The minimum absolute atomic E-state index is 0.0919. The van der Waals surface area contributed by atoms with Crippen molar-refractivity contribution in [3.05, 3.63) is 177 Å². The Kier molecular flexibility index (Phi) is 15.4. The number of nitrogens with one attached hydrogen (secondary N) is 1. The number of likely N-dealkylation sites (N-methyl/N-ethyl adjacent to an activating group) is 1. The van der Waals surface area contributed by atoms with E-state index >= 15 is 8.78 Å². The van der Waals surface area contributed by atoms with Gasteiger partial charge in [0.05, 0.1) is 69.4 Å². The summed E-state index contributed by atoms with van der Waals surface area (Å²) in [6, 6.07) is 20.4. The number of hydrogen-bond donors (Lipinski definition) is 2. The Bertz CT molecular complexity index is 4300. The fourth-order valence-electron chi connectivity index (χ4n) is 10.5. The molecular weight excluding hydrogens is 1130 g/mol. The third kappa shape index (κ3) is 11.2. The molecule has 2 aliphatic heterocycles. The van der Waals surface area contributed by atoms with Crippen LogP contribution >= 0.6 is 15.9 Å². The minimum atomic E-state index is -0.654. The molecule has 2 bridgehead atoms. The van der Waals surface area contributed by atoms with Crippen molar-refractivity contribution >= 4 is 60.8 Å². The molecule has 2 N–H and O–H groups in total. The molecule has 5 aromatic heterocycles. The van der Waals surface area contributed by atoms with E-state index < -0.39 is 40.9 Å². The van der Waals surface area contributed by atoms with E-state index in [-0.39, 0.29) is 49.6 Å². The van der Waals surface area contributed by atoms with Crippen molar-refractivity contribution in [2.24, 2.45) is 14.1 Å². The van der Waals surface area contributed by atoms with Crippen LogP contribution in [0.5, 0.6) is 0 Å². The number of rotatable bonds is 10. The molecule has 2 fully saturated rings. The van der Waals surface area contributed by atoms with E-state index in [9.17, 15) is 29.1 Å². The van der Waals surface area contributed by atoms with Crippen molar-refractivity contribution in [2.75, 3.05) is 30.4 Å². The highest BCUT2D eigenvalue weighted by molar-refractivity contribution is 9.10. The zero-order valence-electron chi connectivity index (χ0n) is 47.3. The SMILES string of the molecule is CC(=O)OCc1c(-c2cc(Br)c(=O)n(C)n2)cccc1-n1ncc2cc(C(C)(C)C)cc(F)c2c1=O.CN1C[C@@H]2C[C@H]1CN2c1cnc(Nc2cc(-c3cccc(-n4ncc5cc(C(C)(C)C)cc(F)c5c4=O)c3CO)nn(C)c2=O)cn1. The topological polar surface area (TPSA) is 230 Å². The quantitative estimate of drug-likeness (QED) is 0.124. The third-order valence-corrected chi connectivity index (χ3v) is 15.7. The average molecular weight is 1190 g/mol. The fourth-order valence-corrected chi connectivity index (χ4v) is 11.0. The zero-order valence-corrected chi connectivity index (χ0v) is 48.9. The number of aryl methyl sites for hydroxylation is 2. The van der Waals surface area contributed by atoms with Crippen LogP contribution in [0.4, 0.5) is 26.1 Å². The van der Waals surface area contributed by atoms with Crippen LogP contribution < -0.4 is 32.5 Å². The average Bonchev–Trinajstić information content (AvgIpc) is 3.48. The number of likely N-dealkylation sites (tertiary alicyclic amines) is 1. The second kappa shape index (κ2) is 22.2.